The van der Waals surface area contributed by atoms with Crippen LogP contribution in [0.2, 0.25) is 0 Å². The van der Waals surface area contributed by atoms with Crippen LogP contribution in [-0.2, 0) is 6.16 Å². The van der Waals surface area contributed by atoms with E-state index in [1.807, 2.05) is 6.92 Å². The van der Waals surface area contributed by atoms with Crippen molar-refractivity contribution in [2.75, 3.05) is 5.75 Å². The van der Waals surface area contributed by atoms with Gasteiger partial charge in [0.05, 0.1) is 18.1 Å². The molecular formula is C29H27ClNPS. The molecule has 0 aliphatic rings. The lowest BCUT2D eigenvalue weighted by Gasteiger charge is -2.28. The zero-order valence-corrected chi connectivity index (χ0v) is 21.1. The Kier molecular flexibility index (Phi) is 9.16. The molecule has 4 aromatic carbocycles. The van der Waals surface area contributed by atoms with Crippen molar-refractivity contribution in [1.29, 1.82) is 5.26 Å². The second kappa shape index (κ2) is 12.1. The fraction of sp³-hybridized carbons (Fsp3) is 0.138. The Morgan fingerprint density at radius 2 is 1.21 bits per heavy atom. The number of hydrogen-bond acceptors (Lipinski definition) is 2. The minimum atomic E-state index is -1.90. The number of thioether (sulfide) groups is 1. The van der Waals surface area contributed by atoms with E-state index in [1.54, 1.807) is 11.8 Å². The molecule has 0 amide bonds. The Labute approximate surface area is 208 Å². The normalized spacial score (nSPS) is 11.8. The molecule has 0 aliphatic carbocycles. The molecule has 4 aromatic rings. The number of rotatable bonds is 8. The summed E-state index contributed by atoms with van der Waals surface area (Å²) in [6, 6.07) is 44.2. The molecule has 1 nitrogen and oxygen atoms in total. The molecule has 0 saturated heterocycles. The van der Waals surface area contributed by atoms with Gasteiger partial charge in [-0.25, -0.2) is 0 Å². The molecule has 4 rings (SSSR count). The van der Waals surface area contributed by atoms with E-state index >= 15 is 0 Å². The first-order valence-corrected chi connectivity index (χ1v) is 13.8. The maximum atomic E-state index is 9.14. The molecule has 0 N–H and O–H groups in total. The third-order valence-corrected chi connectivity index (χ3v) is 11.3. The van der Waals surface area contributed by atoms with Gasteiger partial charge in [0.1, 0.15) is 23.2 Å². The average molecular weight is 488 g/mol. The van der Waals surface area contributed by atoms with Crippen LogP contribution in [0, 0.1) is 17.2 Å². The monoisotopic (exact) mass is 487 g/mol. The molecule has 0 radical (unpaired) electrons. The molecule has 0 saturated carbocycles. The molecule has 1 atom stereocenters. The van der Waals surface area contributed by atoms with Crippen LogP contribution < -0.4 is 28.3 Å². The van der Waals surface area contributed by atoms with Crippen molar-refractivity contribution >= 4 is 34.9 Å². The SMILES string of the molecule is CC(C#N)CSc1cccc(C[P+](c2ccccc2)(c2ccccc2)c2ccccc2)c1.[Cl-]. The van der Waals surface area contributed by atoms with Gasteiger partial charge < -0.3 is 12.4 Å². The van der Waals surface area contributed by atoms with E-state index in [9.17, 15) is 0 Å². The largest absolute Gasteiger partial charge is 1.00 e. The highest BCUT2D eigenvalue weighted by Gasteiger charge is 2.45. The van der Waals surface area contributed by atoms with Gasteiger partial charge in [-0.15, -0.1) is 11.8 Å². The van der Waals surface area contributed by atoms with Crippen molar-refractivity contribution in [1.82, 2.24) is 0 Å². The quantitative estimate of drug-likeness (QED) is 0.281. The smallest absolute Gasteiger partial charge is 0.116 e. The maximum absolute atomic E-state index is 9.14. The Bertz CT molecular complexity index is 1080. The van der Waals surface area contributed by atoms with Crippen LogP contribution in [0.1, 0.15) is 12.5 Å². The highest BCUT2D eigenvalue weighted by molar-refractivity contribution is 7.99. The summed E-state index contributed by atoms with van der Waals surface area (Å²) >= 11 is 1.77. The number of benzene rings is 4. The van der Waals surface area contributed by atoms with E-state index in [2.05, 4.69) is 121 Å². The van der Waals surface area contributed by atoms with Crippen LogP contribution in [0.3, 0.4) is 0 Å². The van der Waals surface area contributed by atoms with E-state index in [0.717, 1.165) is 11.9 Å². The molecular weight excluding hydrogens is 461 g/mol. The molecule has 0 bridgehead atoms. The molecule has 0 heterocycles. The van der Waals surface area contributed by atoms with E-state index in [0.29, 0.717) is 0 Å². The fourth-order valence-corrected chi connectivity index (χ4v) is 9.19. The lowest BCUT2D eigenvalue weighted by molar-refractivity contribution is -0.00000653. The summed E-state index contributed by atoms with van der Waals surface area (Å²) in [5, 5.41) is 13.3. The van der Waals surface area contributed by atoms with Gasteiger partial charge in [-0.05, 0) is 61.0 Å². The number of halogens is 1. The van der Waals surface area contributed by atoms with Gasteiger partial charge in [0, 0.05) is 10.6 Å². The van der Waals surface area contributed by atoms with Crippen LogP contribution in [0.15, 0.2) is 120 Å². The van der Waals surface area contributed by atoms with Gasteiger partial charge in [-0.3, -0.25) is 0 Å². The van der Waals surface area contributed by atoms with Crippen molar-refractivity contribution in [3.8, 4) is 6.07 Å². The Hall–Kier alpha value is -2.56. The van der Waals surface area contributed by atoms with Crippen molar-refractivity contribution in [2.45, 2.75) is 18.0 Å². The van der Waals surface area contributed by atoms with Crippen LogP contribution >= 0.6 is 19.0 Å². The van der Waals surface area contributed by atoms with E-state index < -0.39 is 7.26 Å². The molecule has 33 heavy (non-hydrogen) atoms. The molecule has 0 fully saturated rings. The maximum Gasteiger partial charge on any atom is 0.116 e. The molecule has 0 aliphatic heterocycles. The Morgan fingerprint density at radius 3 is 1.67 bits per heavy atom. The van der Waals surface area contributed by atoms with Crippen LogP contribution in [0.25, 0.3) is 0 Å². The summed E-state index contributed by atoms with van der Waals surface area (Å²) < 4.78 is 0. The van der Waals surface area contributed by atoms with Gasteiger partial charge >= 0.3 is 0 Å². The van der Waals surface area contributed by atoms with Crippen molar-refractivity contribution in [3.05, 3.63) is 121 Å². The predicted molar refractivity (Wildman–Crippen MR) is 141 cm³/mol. The molecule has 166 valence electrons. The topological polar surface area (TPSA) is 23.8 Å². The first-order valence-electron chi connectivity index (χ1n) is 10.9. The summed E-state index contributed by atoms with van der Waals surface area (Å²) in [6.45, 7) is 1.98. The Morgan fingerprint density at radius 1 is 0.727 bits per heavy atom. The minimum absolute atomic E-state index is 0. The summed E-state index contributed by atoms with van der Waals surface area (Å²) in [5.74, 6) is 0.865. The summed E-state index contributed by atoms with van der Waals surface area (Å²) in [7, 11) is -1.90. The van der Waals surface area contributed by atoms with Crippen LogP contribution in [0.5, 0.6) is 0 Å². The second-order valence-corrected chi connectivity index (χ2v) is 12.5. The highest BCUT2D eigenvalue weighted by Crippen LogP contribution is 2.58. The van der Waals surface area contributed by atoms with Crippen molar-refractivity contribution in [2.24, 2.45) is 5.92 Å². The van der Waals surface area contributed by atoms with Crippen molar-refractivity contribution < 1.29 is 12.4 Å². The van der Waals surface area contributed by atoms with E-state index in [4.69, 9.17) is 5.26 Å². The third-order valence-electron chi connectivity index (χ3n) is 5.63. The zero-order valence-electron chi connectivity index (χ0n) is 18.6. The first kappa shape index (κ1) is 25.1. The van der Waals surface area contributed by atoms with Crippen LogP contribution in [0.4, 0.5) is 0 Å². The van der Waals surface area contributed by atoms with E-state index in [-0.39, 0.29) is 18.3 Å². The molecule has 0 spiro atoms. The molecule has 4 heteroatoms. The number of hydrogen-bond donors (Lipinski definition) is 0. The van der Waals surface area contributed by atoms with Gasteiger partial charge in [0.15, 0.2) is 0 Å². The molecule has 0 aromatic heterocycles. The van der Waals surface area contributed by atoms with Gasteiger partial charge in [-0.1, -0.05) is 66.7 Å². The number of nitrogens with zero attached hydrogens (tertiary/aromatic N) is 1. The summed E-state index contributed by atoms with van der Waals surface area (Å²) in [5.41, 5.74) is 1.34. The van der Waals surface area contributed by atoms with E-state index in [1.165, 1.54) is 26.4 Å². The molecule has 1 unspecified atom stereocenters. The predicted octanol–water partition coefficient (Wildman–Crippen LogP) is 3.44. The fourth-order valence-electron chi connectivity index (χ4n) is 4.03. The van der Waals surface area contributed by atoms with Gasteiger partial charge in [-0.2, -0.15) is 5.26 Å². The highest BCUT2D eigenvalue weighted by atomic mass is 35.5. The Balaban J connectivity index is 0.00000306. The lowest BCUT2D eigenvalue weighted by atomic mass is 10.2. The standard InChI is InChI=1S/C29H27NPS.ClH/c1-24(21-30)23-32-29-19-11-12-25(20-29)22-31(26-13-5-2-6-14-26,27-15-7-3-8-16-27)28-17-9-4-10-18-28;/h2-20,24H,22-23H2,1H3;1H/q+1;/p-1. The first-order chi connectivity index (χ1) is 15.7. The minimum Gasteiger partial charge on any atom is -1.00 e. The average Bonchev–Trinajstić information content (AvgIpc) is 2.87. The third kappa shape index (κ3) is 5.87. The summed E-state index contributed by atoms with van der Waals surface area (Å²) in [4.78, 5) is 1.23. The zero-order chi connectivity index (χ0) is 22.2. The summed E-state index contributed by atoms with van der Waals surface area (Å²) in [6.07, 6.45) is 0.966. The van der Waals surface area contributed by atoms with Gasteiger partial charge in [0.25, 0.3) is 0 Å². The number of nitriles is 1. The van der Waals surface area contributed by atoms with Gasteiger partial charge in [0.2, 0.25) is 0 Å². The van der Waals surface area contributed by atoms with Crippen molar-refractivity contribution in [3.63, 3.8) is 0 Å². The second-order valence-electron chi connectivity index (χ2n) is 7.96. The lowest BCUT2D eigenvalue weighted by Crippen LogP contribution is -3.00. The van der Waals surface area contributed by atoms with Crippen LogP contribution in [-0.4, -0.2) is 5.75 Å².